The van der Waals surface area contributed by atoms with Gasteiger partial charge in [0.15, 0.2) is 0 Å². The number of benzene rings is 7. The number of nitrogens with one attached hydrogen (secondary N) is 2. The zero-order valence-electron chi connectivity index (χ0n) is 39.0. The van der Waals surface area contributed by atoms with Gasteiger partial charge in [-0.05, 0) is 94.6 Å². The Labute approximate surface area is 411 Å². The first-order valence-corrected chi connectivity index (χ1v) is 23.6. The molecule has 9 nitrogen and oxygen atoms in total. The second-order valence-electron chi connectivity index (χ2n) is 17.7. The number of imidazole rings is 1. The van der Waals surface area contributed by atoms with Crippen molar-refractivity contribution in [2.24, 2.45) is 5.92 Å². The molecule has 2 N–H and O–H groups in total. The molecule has 9 rings (SSSR count). The van der Waals surface area contributed by atoms with Crippen molar-refractivity contribution in [2.45, 2.75) is 42.9 Å². The summed E-state index contributed by atoms with van der Waals surface area (Å²) >= 11 is 0. The van der Waals surface area contributed by atoms with Crippen molar-refractivity contribution in [3.63, 3.8) is 0 Å². The summed E-state index contributed by atoms with van der Waals surface area (Å²) in [5.74, 6) is -1.82. The highest BCUT2D eigenvalue weighted by molar-refractivity contribution is 6.08. The third-order valence-corrected chi connectivity index (χ3v) is 13.5. The molecule has 12 heteroatoms. The first kappa shape index (κ1) is 47.8. The lowest BCUT2D eigenvalue weighted by atomic mass is 9.77. The Hall–Kier alpha value is -8.25. The lowest BCUT2D eigenvalue weighted by molar-refractivity contribution is -0.145. The summed E-state index contributed by atoms with van der Waals surface area (Å²) in [7, 11) is 1.32. The number of rotatable bonds is 15. The summed E-state index contributed by atoms with van der Waals surface area (Å²) in [6, 6.07) is 58.4. The van der Waals surface area contributed by atoms with E-state index < -0.39 is 35.2 Å². The van der Waals surface area contributed by atoms with Gasteiger partial charge in [-0.3, -0.25) is 9.59 Å². The maximum atomic E-state index is 14.7. The number of esters is 1. The van der Waals surface area contributed by atoms with Crippen LogP contribution in [0.15, 0.2) is 207 Å². The maximum Gasteiger partial charge on any atom is 0.416 e. The lowest BCUT2D eigenvalue weighted by Gasteiger charge is -2.37. The van der Waals surface area contributed by atoms with Crippen LogP contribution in [0.4, 0.5) is 24.5 Å². The molecule has 1 fully saturated rings. The minimum absolute atomic E-state index is 0.0438. The van der Waals surface area contributed by atoms with Gasteiger partial charge in [-0.2, -0.15) is 13.2 Å². The van der Waals surface area contributed by atoms with Gasteiger partial charge in [-0.1, -0.05) is 152 Å². The number of amides is 2. The van der Waals surface area contributed by atoms with Crippen LogP contribution in [-0.2, 0) is 32.5 Å². The fourth-order valence-electron chi connectivity index (χ4n) is 9.96. The van der Waals surface area contributed by atoms with Gasteiger partial charge in [0.1, 0.15) is 11.6 Å². The number of carbonyl (C=O) groups is 3. The minimum atomic E-state index is -4.46. The average molecular weight is 952 g/mol. The molecule has 1 aliphatic rings. The zero-order chi connectivity index (χ0) is 49.4. The third-order valence-electron chi connectivity index (χ3n) is 13.5. The highest BCUT2D eigenvalue weighted by atomic mass is 19.4. The predicted molar refractivity (Wildman–Crippen MR) is 270 cm³/mol. The van der Waals surface area contributed by atoms with Crippen molar-refractivity contribution in [3.8, 4) is 11.1 Å². The van der Waals surface area contributed by atoms with E-state index in [-0.39, 0.29) is 24.2 Å². The number of carbonyl (C=O) groups excluding carboxylic acids is 3. The molecule has 2 atom stereocenters. The van der Waals surface area contributed by atoms with Gasteiger partial charge in [-0.15, -0.1) is 0 Å². The normalized spacial score (nSPS) is 14.0. The standard InChI is InChI=1S/C59H52F3N5O4/c1-71-57(70)53(38-49-39-67(40-63-49)58(44-18-8-3-9-19-44,45-20-10-4-11-21-45)46-22-12-5-13-23-46)65-56(69)54(42-16-6-2-7-17-42)43-34-36-66(37-35-43)50-32-30-48(31-33-50)64-55(68)52-25-15-14-24-51(52)41-26-28-47(29-27-41)59(60,61)62/h2-33,39-40,43,53-54H,34-38H2,1H3,(H,64,68)(H,65,69). The molecule has 0 bridgehead atoms. The Morgan fingerprint density at radius 3 is 1.75 bits per heavy atom. The third kappa shape index (κ3) is 10.4. The topological polar surface area (TPSA) is 106 Å². The number of halogens is 3. The molecular formula is C59H52F3N5O4. The van der Waals surface area contributed by atoms with Gasteiger partial charge in [0.05, 0.1) is 30.6 Å². The van der Waals surface area contributed by atoms with Crippen molar-refractivity contribution < 1.29 is 32.3 Å². The molecule has 71 heavy (non-hydrogen) atoms. The van der Waals surface area contributed by atoms with Crippen LogP contribution in [0.25, 0.3) is 11.1 Å². The minimum Gasteiger partial charge on any atom is -0.467 e. The van der Waals surface area contributed by atoms with Crippen molar-refractivity contribution in [2.75, 3.05) is 30.4 Å². The molecule has 0 aliphatic carbocycles. The van der Waals surface area contributed by atoms with Crippen LogP contribution in [0.1, 0.15) is 62.6 Å². The van der Waals surface area contributed by atoms with E-state index in [0.29, 0.717) is 54.0 Å². The Kier molecular flexibility index (Phi) is 14.3. The van der Waals surface area contributed by atoms with Crippen LogP contribution in [0.5, 0.6) is 0 Å². The summed E-state index contributed by atoms with van der Waals surface area (Å²) in [5.41, 5.74) is 5.83. The zero-order valence-corrected chi connectivity index (χ0v) is 39.0. The first-order valence-electron chi connectivity index (χ1n) is 23.6. The van der Waals surface area contributed by atoms with Crippen LogP contribution in [0.3, 0.4) is 0 Å². The van der Waals surface area contributed by atoms with Crippen LogP contribution in [0.2, 0.25) is 0 Å². The van der Waals surface area contributed by atoms with E-state index in [1.54, 1.807) is 30.6 Å². The Morgan fingerprint density at radius 1 is 0.662 bits per heavy atom. The highest BCUT2D eigenvalue weighted by Gasteiger charge is 2.40. The molecule has 2 unspecified atom stereocenters. The van der Waals surface area contributed by atoms with E-state index >= 15 is 0 Å². The van der Waals surface area contributed by atoms with E-state index in [1.165, 1.54) is 19.2 Å². The molecule has 8 aromatic rings. The fraction of sp³-hybridized carbons (Fsp3) is 0.186. The van der Waals surface area contributed by atoms with Gasteiger partial charge in [0, 0.05) is 42.6 Å². The predicted octanol–water partition coefficient (Wildman–Crippen LogP) is 11.6. The van der Waals surface area contributed by atoms with Gasteiger partial charge >= 0.3 is 12.1 Å². The SMILES string of the molecule is COC(=O)C(Cc1cn(C(c2ccccc2)(c2ccccc2)c2ccccc2)cn1)NC(=O)C(c1ccccc1)C1CCN(c2ccc(NC(=O)c3ccccc3-c3ccc(C(F)(F)F)cc3)cc2)CC1. The average Bonchev–Trinajstić information content (AvgIpc) is 3.88. The fourth-order valence-corrected chi connectivity index (χ4v) is 9.96. The van der Waals surface area contributed by atoms with E-state index in [4.69, 9.17) is 9.72 Å². The largest absolute Gasteiger partial charge is 0.467 e. The van der Waals surface area contributed by atoms with Crippen LogP contribution in [0, 0.1) is 5.92 Å². The molecule has 2 heterocycles. The molecule has 7 aromatic carbocycles. The Balaban J connectivity index is 0.894. The number of ether oxygens (including phenoxy) is 1. The molecule has 0 radical (unpaired) electrons. The summed E-state index contributed by atoms with van der Waals surface area (Å²) in [4.78, 5) is 48.9. The van der Waals surface area contributed by atoms with Crippen LogP contribution in [-0.4, -0.2) is 53.6 Å². The lowest BCUT2D eigenvalue weighted by Crippen LogP contribution is -2.47. The number of alkyl halides is 3. The van der Waals surface area contributed by atoms with Gasteiger partial charge in [0.2, 0.25) is 5.91 Å². The van der Waals surface area contributed by atoms with E-state index in [0.717, 1.165) is 40.1 Å². The Bertz CT molecular complexity index is 2950. The summed E-state index contributed by atoms with van der Waals surface area (Å²) < 4.78 is 47.0. The second kappa shape index (κ2) is 21.2. The van der Waals surface area contributed by atoms with E-state index in [1.807, 2.05) is 115 Å². The number of methoxy groups -OCH3 is 1. The van der Waals surface area contributed by atoms with Gasteiger partial charge < -0.3 is 24.8 Å². The first-order chi connectivity index (χ1) is 34.5. The number of anilines is 2. The maximum absolute atomic E-state index is 14.7. The number of nitrogens with zero attached hydrogens (tertiary/aromatic N) is 3. The molecule has 1 aliphatic heterocycles. The van der Waals surface area contributed by atoms with Gasteiger partial charge in [0.25, 0.3) is 5.91 Å². The van der Waals surface area contributed by atoms with Gasteiger partial charge in [-0.25, -0.2) is 9.78 Å². The van der Waals surface area contributed by atoms with Crippen LogP contribution >= 0.6 is 0 Å². The number of hydrogen-bond acceptors (Lipinski definition) is 6. The smallest absolute Gasteiger partial charge is 0.416 e. The van der Waals surface area contributed by atoms with Crippen molar-refractivity contribution in [1.29, 1.82) is 0 Å². The monoisotopic (exact) mass is 951 g/mol. The number of piperidine rings is 1. The highest BCUT2D eigenvalue weighted by Crippen LogP contribution is 2.41. The molecule has 0 saturated carbocycles. The number of hydrogen-bond donors (Lipinski definition) is 2. The van der Waals surface area contributed by atoms with Crippen molar-refractivity contribution in [1.82, 2.24) is 14.9 Å². The van der Waals surface area contributed by atoms with E-state index in [2.05, 4.69) is 56.5 Å². The molecule has 1 saturated heterocycles. The summed E-state index contributed by atoms with van der Waals surface area (Å²) in [6.45, 7) is 1.33. The summed E-state index contributed by atoms with van der Waals surface area (Å²) in [5, 5.41) is 6.04. The quantitative estimate of drug-likeness (QED) is 0.0783. The summed E-state index contributed by atoms with van der Waals surface area (Å²) in [6.07, 6.45) is 0.766. The molecule has 0 spiro atoms. The molecule has 1 aromatic heterocycles. The number of aromatic nitrogens is 2. The molecule has 358 valence electrons. The van der Waals surface area contributed by atoms with Crippen molar-refractivity contribution in [3.05, 3.63) is 246 Å². The van der Waals surface area contributed by atoms with Crippen molar-refractivity contribution >= 4 is 29.2 Å². The van der Waals surface area contributed by atoms with E-state index in [9.17, 15) is 27.6 Å². The molecular weight excluding hydrogens is 900 g/mol. The molecule has 2 amide bonds. The Morgan fingerprint density at radius 2 is 1.20 bits per heavy atom. The second-order valence-corrected chi connectivity index (χ2v) is 17.7. The van der Waals surface area contributed by atoms with Crippen LogP contribution < -0.4 is 15.5 Å².